The predicted octanol–water partition coefficient (Wildman–Crippen LogP) is 15.2. The van der Waals surface area contributed by atoms with E-state index in [1.54, 1.807) is 0 Å². The highest BCUT2D eigenvalue weighted by atomic mass is 15.1. The minimum absolute atomic E-state index is 0. The Morgan fingerprint density at radius 2 is 0.537 bits per heavy atom. The van der Waals surface area contributed by atoms with E-state index in [2.05, 4.69) is 228 Å². The molecule has 0 radical (unpaired) electrons. The van der Waals surface area contributed by atoms with Crippen LogP contribution in [0.1, 0.15) is 1.43 Å². The maximum atomic E-state index is 2.38. The number of benzene rings is 10. The smallest absolute Gasteiger partial charge is 0.0546 e. The van der Waals surface area contributed by atoms with Crippen LogP contribution in [-0.2, 0) is 0 Å². The molecule has 0 aromatic heterocycles. The van der Waals surface area contributed by atoms with E-state index in [0.717, 1.165) is 34.1 Å². The number of para-hydroxylation sites is 2. The first-order valence-corrected chi connectivity index (χ1v) is 18.5. The highest BCUT2D eigenvalue weighted by molar-refractivity contribution is 6.15. The number of fused-ring (bicyclic) bond motifs is 6. The summed E-state index contributed by atoms with van der Waals surface area (Å²) < 4.78 is 0. The molecule has 0 aliphatic carbocycles. The topological polar surface area (TPSA) is 6.48 Å². The van der Waals surface area contributed by atoms with E-state index < -0.39 is 0 Å². The molecular formula is C52H38N2. The summed E-state index contributed by atoms with van der Waals surface area (Å²) in [6.45, 7) is 0. The van der Waals surface area contributed by atoms with Gasteiger partial charge in [-0.15, -0.1) is 0 Å². The summed E-state index contributed by atoms with van der Waals surface area (Å²) in [7, 11) is 0. The van der Waals surface area contributed by atoms with Crippen molar-refractivity contribution < 1.29 is 1.43 Å². The number of nitrogens with zero attached hydrogens (tertiary/aromatic N) is 2. The summed E-state index contributed by atoms with van der Waals surface area (Å²) in [4.78, 5) is 4.76. The molecule has 10 aromatic carbocycles. The predicted molar refractivity (Wildman–Crippen MR) is 233 cm³/mol. The van der Waals surface area contributed by atoms with E-state index in [9.17, 15) is 0 Å². The van der Waals surface area contributed by atoms with E-state index >= 15 is 0 Å². The van der Waals surface area contributed by atoms with Crippen LogP contribution in [-0.4, -0.2) is 0 Å². The van der Waals surface area contributed by atoms with Gasteiger partial charge in [0.2, 0.25) is 0 Å². The van der Waals surface area contributed by atoms with Gasteiger partial charge in [0.1, 0.15) is 0 Å². The Balaban J connectivity index is 0.00000397. The second-order valence-electron chi connectivity index (χ2n) is 13.8. The number of anilines is 6. The third-order valence-corrected chi connectivity index (χ3v) is 10.6. The summed E-state index contributed by atoms with van der Waals surface area (Å²) in [6.07, 6.45) is 0. The average Bonchev–Trinajstić information content (AvgIpc) is 3.25. The lowest BCUT2D eigenvalue weighted by Gasteiger charge is -2.28. The second kappa shape index (κ2) is 13.4. The number of hydrogen-bond acceptors (Lipinski definition) is 2. The van der Waals surface area contributed by atoms with Crippen LogP contribution in [0.3, 0.4) is 0 Å². The van der Waals surface area contributed by atoms with Gasteiger partial charge in [0, 0.05) is 34.9 Å². The zero-order chi connectivity index (χ0) is 35.8. The van der Waals surface area contributed by atoms with Crippen molar-refractivity contribution in [3.8, 4) is 11.1 Å². The average molecular weight is 691 g/mol. The molecule has 10 aromatic rings. The normalized spacial score (nSPS) is 11.3. The van der Waals surface area contributed by atoms with E-state index in [-0.39, 0.29) is 1.43 Å². The Hall–Kier alpha value is -7.16. The maximum Gasteiger partial charge on any atom is 0.0546 e. The van der Waals surface area contributed by atoms with Crippen LogP contribution >= 0.6 is 0 Å². The van der Waals surface area contributed by atoms with Gasteiger partial charge in [-0.05, 0) is 104 Å². The van der Waals surface area contributed by atoms with Crippen molar-refractivity contribution in [1.82, 2.24) is 0 Å². The lowest BCUT2D eigenvalue weighted by atomic mass is 9.98. The first-order valence-electron chi connectivity index (χ1n) is 18.5. The molecule has 0 atom stereocenters. The fourth-order valence-corrected chi connectivity index (χ4v) is 8.05. The van der Waals surface area contributed by atoms with Gasteiger partial charge >= 0.3 is 0 Å². The summed E-state index contributed by atoms with van der Waals surface area (Å²) in [6, 6.07) is 78.8. The summed E-state index contributed by atoms with van der Waals surface area (Å²) in [5.41, 5.74) is 9.13. The lowest BCUT2D eigenvalue weighted by molar-refractivity contribution is 1.30. The molecule has 0 spiro atoms. The molecule has 0 N–H and O–H groups in total. The number of hydrogen-bond donors (Lipinski definition) is 0. The fraction of sp³-hybridized carbons (Fsp3) is 0. The van der Waals surface area contributed by atoms with Gasteiger partial charge < -0.3 is 9.80 Å². The molecule has 0 fully saturated rings. The molecular weight excluding hydrogens is 653 g/mol. The fourth-order valence-electron chi connectivity index (χ4n) is 8.05. The molecule has 54 heavy (non-hydrogen) atoms. The molecule has 0 saturated carbocycles. The van der Waals surface area contributed by atoms with E-state index in [1.165, 1.54) is 54.2 Å². The van der Waals surface area contributed by atoms with Gasteiger partial charge in [0.15, 0.2) is 0 Å². The summed E-state index contributed by atoms with van der Waals surface area (Å²) in [5.74, 6) is 0. The van der Waals surface area contributed by atoms with Crippen molar-refractivity contribution in [2.75, 3.05) is 9.80 Å². The molecule has 0 amide bonds. The van der Waals surface area contributed by atoms with E-state index in [4.69, 9.17) is 0 Å². The van der Waals surface area contributed by atoms with E-state index in [0.29, 0.717) is 0 Å². The Labute approximate surface area is 316 Å². The molecule has 0 saturated heterocycles. The van der Waals surface area contributed by atoms with Gasteiger partial charge in [0.25, 0.3) is 0 Å². The maximum absolute atomic E-state index is 2.38. The Morgan fingerprint density at radius 1 is 0.241 bits per heavy atom. The van der Waals surface area contributed by atoms with Crippen molar-refractivity contribution in [3.63, 3.8) is 0 Å². The SMILES string of the molecule is [HH].c1ccc(N(c2ccc(-c3ccc(N(c4ccccc4)c4cc5ccccc5c5ccccc45)cc3)cc2)c2cc3ccccc3c3ccccc23)cc1. The Morgan fingerprint density at radius 3 is 0.926 bits per heavy atom. The van der Waals surface area contributed by atoms with Crippen molar-refractivity contribution in [2.45, 2.75) is 0 Å². The van der Waals surface area contributed by atoms with E-state index in [1.807, 2.05) is 0 Å². The van der Waals surface area contributed by atoms with Crippen LogP contribution in [0.4, 0.5) is 34.1 Å². The third-order valence-electron chi connectivity index (χ3n) is 10.6. The highest BCUT2D eigenvalue weighted by Crippen LogP contribution is 2.44. The molecule has 0 unspecified atom stereocenters. The minimum atomic E-state index is 0. The molecule has 0 bridgehead atoms. The molecule has 2 nitrogen and oxygen atoms in total. The standard InChI is InChI=1S/C52H36N2.H2/c1-3-17-41(18-4-1)53(51-35-39-15-7-9-21-45(39)47-23-11-13-25-49(47)51)43-31-27-37(28-32-43)38-29-33-44(34-30-38)54(42-19-5-2-6-20-42)52-36-40-16-8-10-22-46(40)48-24-12-14-26-50(48)52;/h1-36H;1H. The Bertz CT molecular complexity index is 2720. The highest BCUT2D eigenvalue weighted by Gasteiger charge is 2.19. The minimum Gasteiger partial charge on any atom is -0.310 e. The van der Waals surface area contributed by atoms with Crippen molar-refractivity contribution in [2.24, 2.45) is 0 Å². The third kappa shape index (κ3) is 5.53. The monoisotopic (exact) mass is 690 g/mol. The van der Waals surface area contributed by atoms with Gasteiger partial charge in [-0.25, -0.2) is 0 Å². The molecule has 2 heteroatoms. The quantitative estimate of drug-likeness (QED) is 0.154. The van der Waals surface area contributed by atoms with Crippen LogP contribution in [0.25, 0.3) is 54.2 Å². The van der Waals surface area contributed by atoms with Crippen LogP contribution in [0.5, 0.6) is 0 Å². The van der Waals surface area contributed by atoms with Crippen molar-refractivity contribution in [3.05, 3.63) is 218 Å². The molecule has 0 aliphatic heterocycles. The molecule has 256 valence electrons. The molecule has 0 aliphatic rings. The first-order chi connectivity index (χ1) is 26.8. The largest absolute Gasteiger partial charge is 0.310 e. The lowest BCUT2D eigenvalue weighted by Crippen LogP contribution is -2.10. The summed E-state index contributed by atoms with van der Waals surface area (Å²) >= 11 is 0. The van der Waals surface area contributed by atoms with Crippen molar-refractivity contribution >= 4 is 77.2 Å². The first kappa shape index (κ1) is 31.6. The van der Waals surface area contributed by atoms with Crippen molar-refractivity contribution in [1.29, 1.82) is 0 Å². The zero-order valence-electron chi connectivity index (χ0n) is 29.7. The van der Waals surface area contributed by atoms with Gasteiger partial charge in [-0.3, -0.25) is 0 Å². The van der Waals surface area contributed by atoms with Gasteiger partial charge in [0.05, 0.1) is 11.4 Å². The molecule has 0 heterocycles. The summed E-state index contributed by atoms with van der Waals surface area (Å²) in [5, 5.41) is 9.94. The number of rotatable bonds is 7. The van der Waals surface area contributed by atoms with Crippen LogP contribution in [0.2, 0.25) is 0 Å². The van der Waals surface area contributed by atoms with Gasteiger partial charge in [-0.1, -0.05) is 158 Å². The van der Waals surface area contributed by atoms with Crippen LogP contribution in [0, 0.1) is 0 Å². The van der Waals surface area contributed by atoms with Gasteiger partial charge in [-0.2, -0.15) is 0 Å². The zero-order valence-corrected chi connectivity index (χ0v) is 29.7. The Kier molecular flexibility index (Phi) is 7.85. The van der Waals surface area contributed by atoms with Crippen LogP contribution < -0.4 is 9.80 Å². The second-order valence-corrected chi connectivity index (χ2v) is 13.8. The molecule has 10 rings (SSSR count). The van der Waals surface area contributed by atoms with Crippen LogP contribution in [0.15, 0.2) is 218 Å².